The van der Waals surface area contributed by atoms with Crippen molar-refractivity contribution in [3.05, 3.63) is 0 Å². The van der Waals surface area contributed by atoms with Crippen molar-refractivity contribution < 1.29 is 5.11 Å². The average molecular weight is 168 g/mol. The maximum Gasteiger partial charge on any atom is 0.0543 e. The first-order chi connectivity index (χ1) is 5.86. The van der Waals surface area contributed by atoms with Gasteiger partial charge >= 0.3 is 0 Å². The molecule has 0 radical (unpaired) electrons. The summed E-state index contributed by atoms with van der Waals surface area (Å²) in [5, 5.41) is 9.66. The van der Waals surface area contributed by atoms with Gasteiger partial charge in [-0.3, -0.25) is 0 Å². The maximum atomic E-state index is 9.66. The van der Waals surface area contributed by atoms with Gasteiger partial charge in [-0.1, -0.05) is 25.7 Å². The predicted molar refractivity (Wildman–Crippen MR) is 49.9 cm³/mol. The summed E-state index contributed by atoms with van der Waals surface area (Å²) < 4.78 is 0. The molecule has 2 aliphatic carbocycles. The van der Waals surface area contributed by atoms with Gasteiger partial charge in [0, 0.05) is 0 Å². The van der Waals surface area contributed by atoms with Gasteiger partial charge in [-0.25, -0.2) is 0 Å². The Balaban J connectivity index is 1.87. The molecule has 0 spiro atoms. The lowest BCUT2D eigenvalue weighted by Crippen LogP contribution is -2.28. The summed E-state index contributed by atoms with van der Waals surface area (Å²) in [5.41, 5.74) is 0. The molecule has 0 bridgehead atoms. The molecule has 1 nitrogen and oxygen atoms in total. The molecule has 0 aromatic rings. The van der Waals surface area contributed by atoms with Gasteiger partial charge in [0.05, 0.1) is 6.10 Å². The van der Waals surface area contributed by atoms with E-state index in [2.05, 4.69) is 0 Å². The van der Waals surface area contributed by atoms with Gasteiger partial charge in [-0.2, -0.15) is 0 Å². The second-order valence-corrected chi connectivity index (χ2v) is 4.63. The van der Waals surface area contributed by atoms with Gasteiger partial charge in [-0.05, 0) is 37.5 Å². The molecule has 2 aliphatic rings. The van der Waals surface area contributed by atoms with Crippen molar-refractivity contribution in [2.75, 3.05) is 0 Å². The van der Waals surface area contributed by atoms with E-state index in [9.17, 15) is 5.11 Å². The number of aliphatic hydroxyl groups is 1. The zero-order valence-electron chi connectivity index (χ0n) is 7.84. The highest BCUT2D eigenvalue weighted by atomic mass is 16.3. The fourth-order valence-corrected chi connectivity index (χ4v) is 2.76. The number of hydrogen-bond acceptors (Lipinski definition) is 1. The maximum absolute atomic E-state index is 9.66. The van der Waals surface area contributed by atoms with Gasteiger partial charge in [0.1, 0.15) is 0 Å². The van der Waals surface area contributed by atoms with E-state index in [1.807, 2.05) is 0 Å². The summed E-state index contributed by atoms with van der Waals surface area (Å²) in [6.07, 6.45) is 10.5. The van der Waals surface area contributed by atoms with Crippen LogP contribution in [0.15, 0.2) is 0 Å². The lowest BCUT2D eigenvalue weighted by Gasteiger charge is -2.37. The van der Waals surface area contributed by atoms with Crippen LogP contribution < -0.4 is 0 Å². The number of fused-ring (bicyclic) bond motifs is 1. The van der Waals surface area contributed by atoms with Gasteiger partial charge in [-0.15, -0.1) is 0 Å². The smallest absolute Gasteiger partial charge is 0.0543 e. The third kappa shape index (κ3) is 1.82. The second kappa shape index (κ2) is 3.78. The molecule has 2 fully saturated rings. The standard InChI is InChI=1S/C11H20O/c12-11-5-3-1-2-4-9-6-7-10(9)8-11/h9-12H,1-8H2. The van der Waals surface area contributed by atoms with E-state index < -0.39 is 0 Å². The second-order valence-electron chi connectivity index (χ2n) is 4.63. The van der Waals surface area contributed by atoms with E-state index in [-0.39, 0.29) is 6.10 Å². The Morgan fingerprint density at radius 2 is 1.50 bits per heavy atom. The zero-order chi connectivity index (χ0) is 8.39. The fourth-order valence-electron chi connectivity index (χ4n) is 2.76. The summed E-state index contributed by atoms with van der Waals surface area (Å²) in [6, 6.07) is 0. The van der Waals surface area contributed by atoms with Crippen molar-refractivity contribution in [3.63, 3.8) is 0 Å². The fraction of sp³-hybridized carbons (Fsp3) is 1.00. The van der Waals surface area contributed by atoms with Gasteiger partial charge in [0.2, 0.25) is 0 Å². The molecule has 12 heavy (non-hydrogen) atoms. The monoisotopic (exact) mass is 168 g/mol. The Hall–Kier alpha value is -0.0400. The SMILES string of the molecule is OC1CCCCCC2CCC2C1. The van der Waals surface area contributed by atoms with Crippen molar-refractivity contribution in [2.24, 2.45) is 11.8 Å². The van der Waals surface area contributed by atoms with Crippen LogP contribution in [0.5, 0.6) is 0 Å². The van der Waals surface area contributed by atoms with E-state index in [0.717, 1.165) is 24.7 Å². The number of aliphatic hydroxyl groups excluding tert-OH is 1. The van der Waals surface area contributed by atoms with Crippen molar-refractivity contribution in [3.8, 4) is 0 Å². The van der Waals surface area contributed by atoms with Crippen LogP contribution in [0.3, 0.4) is 0 Å². The average Bonchev–Trinajstić information content (AvgIpc) is 2.08. The molecule has 0 aromatic carbocycles. The molecule has 3 unspecified atom stereocenters. The summed E-state index contributed by atoms with van der Waals surface area (Å²) in [7, 11) is 0. The first-order valence-electron chi connectivity index (χ1n) is 5.54. The Morgan fingerprint density at radius 1 is 0.750 bits per heavy atom. The summed E-state index contributed by atoms with van der Waals surface area (Å²) >= 11 is 0. The molecule has 1 N–H and O–H groups in total. The highest BCUT2D eigenvalue weighted by molar-refractivity contribution is 4.83. The van der Waals surface area contributed by atoms with E-state index in [1.54, 1.807) is 0 Å². The zero-order valence-corrected chi connectivity index (χ0v) is 7.84. The molecule has 1 heteroatoms. The Morgan fingerprint density at radius 3 is 2.25 bits per heavy atom. The largest absolute Gasteiger partial charge is 0.393 e. The molecule has 2 saturated carbocycles. The quantitative estimate of drug-likeness (QED) is 0.589. The molecule has 3 atom stereocenters. The van der Waals surface area contributed by atoms with E-state index in [1.165, 1.54) is 38.5 Å². The number of hydrogen-bond donors (Lipinski definition) is 1. The van der Waals surface area contributed by atoms with Crippen LogP contribution in [0.4, 0.5) is 0 Å². The summed E-state index contributed by atoms with van der Waals surface area (Å²) in [6.45, 7) is 0. The molecule has 0 heterocycles. The molecule has 0 aliphatic heterocycles. The normalized spacial score (nSPS) is 43.2. The van der Waals surface area contributed by atoms with Crippen LogP contribution in [0.2, 0.25) is 0 Å². The summed E-state index contributed by atoms with van der Waals surface area (Å²) in [5.74, 6) is 1.87. The van der Waals surface area contributed by atoms with Crippen molar-refractivity contribution >= 4 is 0 Å². The molecule has 2 rings (SSSR count). The Kier molecular flexibility index (Phi) is 2.69. The molecule has 0 aromatic heterocycles. The van der Waals surface area contributed by atoms with Crippen LogP contribution in [0, 0.1) is 11.8 Å². The lowest BCUT2D eigenvalue weighted by atomic mass is 9.69. The van der Waals surface area contributed by atoms with E-state index >= 15 is 0 Å². The topological polar surface area (TPSA) is 20.2 Å². The third-order valence-electron chi connectivity index (χ3n) is 3.76. The molecular weight excluding hydrogens is 148 g/mol. The van der Waals surface area contributed by atoms with E-state index in [0.29, 0.717) is 0 Å². The van der Waals surface area contributed by atoms with E-state index in [4.69, 9.17) is 0 Å². The van der Waals surface area contributed by atoms with Gasteiger partial charge in [0.15, 0.2) is 0 Å². The summed E-state index contributed by atoms with van der Waals surface area (Å²) in [4.78, 5) is 0. The lowest BCUT2D eigenvalue weighted by molar-refractivity contribution is 0.0727. The molecule has 0 amide bonds. The van der Waals surface area contributed by atoms with Gasteiger partial charge < -0.3 is 5.11 Å². The predicted octanol–water partition coefficient (Wildman–Crippen LogP) is 2.73. The van der Waals surface area contributed by atoms with Crippen molar-refractivity contribution in [1.82, 2.24) is 0 Å². The number of rotatable bonds is 0. The molecular formula is C11H20O. The van der Waals surface area contributed by atoms with Crippen molar-refractivity contribution in [2.45, 2.75) is 57.5 Å². The third-order valence-corrected chi connectivity index (χ3v) is 3.76. The molecule has 0 saturated heterocycles. The highest BCUT2D eigenvalue weighted by Crippen LogP contribution is 2.42. The van der Waals surface area contributed by atoms with Crippen LogP contribution in [0.25, 0.3) is 0 Å². The Labute approximate surface area is 75.2 Å². The Bertz CT molecular complexity index is 144. The van der Waals surface area contributed by atoms with Crippen LogP contribution in [-0.2, 0) is 0 Å². The minimum atomic E-state index is 0.0240. The van der Waals surface area contributed by atoms with Crippen molar-refractivity contribution in [1.29, 1.82) is 0 Å². The first-order valence-corrected chi connectivity index (χ1v) is 5.54. The highest BCUT2D eigenvalue weighted by Gasteiger charge is 2.32. The minimum absolute atomic E-state index is 0.0240. The van der Waals surface area contributed by atoms with Crippen LogP contribution >= 0.6 is 0 Å². The van der Waals surface area contributed by atoms with Crippen LogP contribution in [0.1, 0.15) is 51.4 Å². The van der Waals surface area contributed by atoms with Gasteiger partial charge in [0.25, 0.3) is 0 Å². The molecule has 70 valence electrons. The van der Waals surface area contributed by atoms with Crippen LogP contribution in [-0.4, -0.2) is 11.2 Å². The minimum Gasteiger partial charge on any atom is -0.393 e. The first kappa shape index (κ1) is 8.55.